The number of carbonyl (C=O) groups is 1. The molecule has 6 heteroatoms. The number of carbonyl (C=O) groups excluding carboxylic acids is 1. The predicted molar refractivity (Wildman–Crippen MR) is 94.0 cm³/mol. The van der Waals surface area contributed by atoms with Gasteiger partial charge >= 0.3 is 6.03 Å². The molecule has 0 spiro atoms. The van der Waals surface area contributed by atoms with Crippen molar-refractivity contribution in [1.29, 1.82) is 0 Å². The highest BCUT2D eigenvalue weighted by Crippen LogP contribution is 2.40. The third-order valence-electron chi connectivity index (χ3n) is 5.06. The molecule has 1 N–H and O–H groups in total. The fraction of sp³-hybridized carbons (Fsp3) is 0.765. The molecule has 2 aliphatic rings. The van der Waals surface area contributed by atoms with Crippen LogP contribution in [0.2, 0.25) is 0 Å². The topological polar surface area (TPSA) is 48.5 Å². The average Bonchev–Trinajstić information content (AvgIpc) is 3.26. The third kappa shape index (κ3) is 4.23. The van der Waals surface area contributed by atoms with Gasteiger partial charge in [-0.3, -0.25) is 0 Å². The van der Waals surface area contributed by atoms with Crippen LogP contribution in [-0.4, -0.2) is 60.6 Å². The van der Waals surface area contributed by atoms with Crippen LogP contribution in [0.4, 0.5) is 4.79 Å². The fourth-order valence-corrected chi connectivity index (χ4v) is 4.36. The standard InChI is InChI=1S/C17H28N4OS/c1-12-10-20(2)9-7-15(12)21(3)17(22)18-8-6-16-19-14(11-23-16)13-4-5-13/h11-13,15H,4-10H2,1-3H3,(H,18,22)/t12-,15+/m1/s1. The third-order valence-corrected chi connectivity index (χ3v) is 5.99. The molecule has 1 saturated heterocycles. The number of nitrogens with zero attached hydrogens (tertiary/aromatic N) is 3. The van der Waals surface area contributed by atoms with Gasteiger partial charge in [0.15, 0.2) is 0 Å². The number of likely N-dealkylation sites (tertiary alicyclic amines) is 1. The van der Waals surface area contributed by atoms with Crippen LogP contribution in [0.15, 0.2) is 5.38 Å². The molecule has 2 amide bonds. The summed E-state index contributed by atoms with van der Waals surface area (Å²) in [5.41, 5.74) is 1.26. The summed E-state index contributed by atoms with van der Waals surface area (Å²) in [6.45, 7) is 5.03. The van der Waals surface area contributed by atoms with Crippen LogP contribution in [0.5, 0.6) is 0 Å². The molecule has 0 aromatic carbocycles. The molecule has 1 aliphatic carbocycles. The Morgan fingerprint density at radius 1 is 1.48 bits per heavy atom. The maximum Gasteiger partial charge on any atom is 0.317 e. The molecule has 1 aromatic rings. The van der Waals surface area contributed by atoms with Gasteiger partial charge in [0, 0.05) is 43.9 Å². The maximum absolute atomic E-state index is 12.4. The summed E-state index contributed by atoms with van der Waals surface area (Å²) < 4.78 is 0. The van der Waals surface area contributed by atoms with Crippen molar-refractivity contribution in [2.45, 2.75) is 44.6 Å². The van der Waals surface area contributed by atoms with Gasteiger partial charge in [0.2, 0.25) is 0 Å². The van der Waals surface area contributed by atoms with Crippen molar-refractivity contribution >= 4 is 17.4 Å². The Labute approximate surface area is 143 Å². The second-order valence-electron chi connectivity index (χ2n) is 7.13. The maximum atomic E-state index is 12.4. The van der Waals surface area contributed by atoms with Crippen molar-refractivity contribution in [3.63, 3.8) is 0 Å². The zero-order valence-electron chi connectivity index (χ0n) is 14.4. The Morgan fingerprint density at radius 3 is 2.96 bits per heavy atom. The minimum absolute atomic E-state index is 0.0466. The summed E-state index contributed by atoms with van der Waals surface area (Å²) in [4.78, 5) is 21.3. The molecule has 1 saturated carbocycles. The molecule has 2 heterocycles. The van der Waals surface area contributed by atoms with E-state index in [1.807, 2.05) is 11.9 Å². The van der Waals surface area contributed by atoms with E-state index in [0.717, 1.165) is 30.9 Å². The number of aromatic nitrogens is 1. The Kier molecular flexibility index (Phi) is 5.21. The van der Waals surface area contributed by atoms with Crippen LogP contribution in [0, 0.1) is 5.92 Å². The number of rotatable bonds is 5. The van der Waals surface area contributed by atoms with E-state index in [9.17, 15) is 4.79 Å². The largest absolute Gasteiger partial charge is 0.338 e. The lowest BCUT2D eigenvalue weighted by Gasteiger charge is -2.39. The van der Waals surface area contributed by atoms with Gasteiger partial charge in [-0.05, 0) is 38.8 Å². The lowest BCUT2D eigenvalue weighted by atomic mass is 9.93. The van der Waals surface area contributed by atoms with Crippen molar-refractivity contribution < 1.29 is 4.79 Å². The van der Waals surface area contributed by atoms with Gasteiger partial charge < -0.3 is 15.1 Å². The van der Waals surface area contributed by atoms with Crippen molar-refractivity contribution in [3.8, 4) is 0 Å². The molecule has 128 valence electrons. The molecular formula is C17H28N4OS. The van der Waals surface area contributed by atoms with E-state index in [2.05, 4.69) is 34.6 Å². The van der Waals surface area contributed by atoms with E-state index >= 15 is 0 Å². The van der Waals surface area contributed by atoms with Crippen LogP contribution in [-0.2, 0) is 6.42 Å². The smallest absolute Gasteiger partial charge is 0.317 e. The van der Waals surface area contributed by atoms with Crippen LogP contribution in [0.25, 0.3) is 0 Å². The Balaban J connectivity index is 1.42. The Morgan fingerprint density at radius 2 is 2.26 bits per heavy atom. The molecule has 1 aliphatic heterocycles. The zero-order valence-corrected chi connectivity index (χ0v) is 15.2. The molecule has 0 bridgehead atoms. The molecule has 2 fully saturated rings. The second-order valence-corrected chi connectivity index (χ2v) is 8.07. The highest BCUT2D eigenvalue weighted by molar-refractivity contribution is 7.09. The summed E-state index contributed by atoms with van der Waals surface area (Å²) >= 11 is 1.73. The van der Waals surface area contributed by atoms with Gasteiger partial charge in [0.1, 0.15) is 0 Å². The monoisotopic (exact) mass is 336 g/mol. The summed E-state index contributed by atoms with van der Waals surface area (Å²) in [7, 11) is 4.08. The number of hydrogen-bond acceptors (Lipinski definition) is 4. The first-order valence-corrected chi connectivity index (χ1v) is 9.56. The lowest BCUT2D eigenvalue weighted by Crippen LogP contribution is -2.52. The van der Waals surface area contributed by atoms with Gasteiger partial charge in [-0.15, -0.1) is 11.3 Å². The number of nitrogens with one attached hydrogen (secondary N) is 1. The van der Waals surface area contributed by atoms with E-state index in [1.54, 1.807) is 11.3 Å². The highest BCUT2D eigenvalue weighted by atomic mass is 32.1. The van der Waals surface area contributed by atoms with Crippen LogP contribution in [0.1, 0.15) is 42.8 Å². The van der Waals surface area contributed by atoms with Crippen LogP contribution >= 0.6 is 11.3 Å². The van der Waals surface area contributed by atoms with Crippen molar-refractivity contribution in [2.24, 2.45) is 5.92 Å². The lowest BCUT2D eigenvalue weighted by molar-refractivity contribution is 0.107. The predicted octanol–water partition coefficient (Wildman–Crippen LogP) is 2.54. The number of hydrogen-bond donors (Lipinski definition) is 1. The van der Waals surface area contributed by atoms with Crippen LogP contribution < -0.4 is 5.32 Å². The SMILES string of the molecule is C[C@@H]1CN(C)CC[C@@H]1N(C)C(=O)NCCc1nc(C2CC2)cs1. The number of thiazole rings is 1. The second kappa shape index (κ2) is 7.18. The molecule has 3 rings (SSSR count). The van der Waals surface area contributed by atoms with E-state index < -0.39 is 0 Å². The minimum Gasteiger partial charge on any atom is -0.338 e. The number of urea groups is 1. The van der Waals surface area contributed by atoms with Crippen LogP contribution in [0.3, 0.4) is 0 Å². The summed E-state index contributed by atoms with van der Waals surface area (Å²) in [6, 6.07) is 0.387. The first-order valence-electron chi connectivity index (χ1n) is 8.68. The molecule has 5 nitrogen and oxygen atoms in total. The first-order chi connectivity index (χ1) is 11.0. The molecule has 1 aromatic heterocycles. The van der Waals surface area contributed by atoms with Crippen molar-refractivity contribution in [2.75, 3.05) is 33.7 Å². The molecule has 2 atom stereocenters. The molecule has 0 radical (unpaired) electrons. The summed E-state index contributed by atoms with van der Waals surface area (Å²) in [6.07, 6.45) is 4.47. The number of amides is 2. The zero-order chi connectivity index (χ0) is 16.4. The Bertz CT molecular complexity index is 542. The van der Waals surface area contributed by atoms with Gasteiger partial charge in [-0.25, -0.2) is 9.78 Å². The first kappa shape index (κ1) is 16.7. The Hall–Kier alpha value is -1.14. The minimum atomic E-state index is 0.0466. The van der Waals surface area contributed by atoms with E-state index in [0.29, 0.717) is 24.4 Å². The van der Waals surface area contributed by atoms with Gasteiger partial charge in [0.05, 0.1) is 10.7 Å². The summed E-state index contributed by atoms with van der Waals surface area (Å²) in [5, 5.41) is 6.38. The highest BCUT2D eigenvalue weighted by Gasteiger charge is 2.30. The summed E-state index contributed by atoms with van der Waals surface area (Å²) in [5.74, 6) is 1.23. The van der Waals surface area contributed by atoms with Crippen molar-refractivity contribution in [1.82, 2.24) is 20.1 Å². The fourth-order valence-electron chi connectivity index (χ4n) is 3.48. The van der Waals surface area contributed by atoms with Gasteiger partial charge in [0.25, 0.3) is 0 Å². The molecular weight excluding hydrogens is 308 g/mol. The van der Waals surface area contributed by atoms with E-state index in [4.69, 9.17) is 0 Å². The van der Waals surface area contributed by atoms with Gasteiger partial charge in [-0.1, -0.05) is 6.92 Å². The average molecular weight is 337 g/mol. The molecule has 23 heavy (non-hydrogen) atoms. The van der Waals surface area contributed by atoms with Gasteiger partial charge in [-0.2, -0.15) is 0 Å². The normalized spacial score (nSPS) is 25.3. The van der Waals surface area contributed by atoms with Crippen molar-refractivity contribution in [3.05, 3.63) is 16.1 Å². The van der Waals surface area contributed by atoms with E-state index in [1.165, 1.54) is 18.5 Å². The molecule has 0 unspecified atom stereocenters. The quantitative estimate of drug-likeness (QED) is 0.899. The van der Waals surface area contributed by atoms with E-state index in [-0.39, 0.29) is 6.03 Å². The number of piperidine rings is 1.